The topological polar surface area (TPSA) is 137 Å². The number of nitrogens with zero attached hydrogens (tertiary/aromatic N) is 3. The molecule has 1 aromatic carbocycles. The summed E-state index contributed by atoms with van der Waals surface area (Å²) in [5.41, 5.74) is 5.78. The Hall–Kier alpha value is -3.60. The van der Waals surface area contributed by atoms with Crippen LogP contribution >= 0.6 is 0 Å². The highest BCUT2D eigenvalue weighted by molar-refractivity contribution is 5.98. The van der Waals surface area contributed by atoms with E-state index in [4.69, 9.17) is 11.0 Å². The summed E-state index contributed by atoms with van der Waals surface area (Å²) >= 11 is 0. The molecule has 2 aromatic heterocycles. The second-order valence-electron chi connectivity index (χ2n) is 4.53. The molecule has 0 radical (unpaired) electrons. The highest BCUT2D eigenvalue weighted by atomic mass is 16.3. The Labute approximate surface area is 123 Å². The van der Waals surface area contributed by atoms with Gasteiger partial charge in [-0.25, -0.2) is 9.50 Å². The summed E-state index contributed by atoms with van der Waals surface area (Å²) in [6.07, 6.45) is 1.30. The molecule has 0 aliphatic rings. The van der Waals surface area contributed by atoms with Crippen molar-refractivity contribution >= 4 is 11.6 Å². The number of hydrogen-bond donors (Lipinski definition) is 3. The first-order chi connectivity index (χ1) is 10.5. The summed E-state index contributed by atoms with van der Waals surface area (Å²) in [5, 5.41) is 21.1. The fourth-order valence-electron chi connectivity index (χ4n) is 2.10. The third kappa shape index (κ3) is 1.97. The fraction of sp³-hybridized carbons (Fsp3) is 0. The summed E-state index contributed by atoms with van der Waals surface area (Å²) < 4.78 is 1.09. The second-order valence-corrected chi connectivity index (χ2v) is 4.53. The first kappa shape index (κ1) is 13.4. The SMILES string of the molecule is N#Cc1cc(-c2cc(=O)n3[nH]cc(C(N)=O)c3n2)ccc1O. The van der Waals surface area contributed by atoms with Crippen LogP contribution in [0.25, 0.3) is 16.9 Å². The van der Waals surface area contributed by atoms with Crippen molar-refractivity contribution in [3.05, 3.63) is 51.9 Å². The molecule has 1 amide bonds. The van der Waals surface area contributed by atoms with Crippen molar-refractivity contribution in [2.45, 2.75) is 0 Å². The highest BCUT2D eigenvalue weighted by Gasteiger charge is 2.14. The number of hydrogen-bond acceptors (Lipinski definition) is 5. The summed E-state index contributed by atoms with van der Waals surface area (Å²) in [4.78, 5) is 27.6. The number of aromatic hydroxyl groups is 1. The zero-order valence-electron chi connectivity index (χ0n) is 11.1. The van der Waals surface area contributed by atoms with Gasteiger partial charge in [-0.15, -0.1) is 0 Å². The van der Waals surface area contributed by atoms with Crippen molar-refractivity contribution in [3.8, 4) is 23.1 Å². The number of H-pyrrole nitrogens is 1. The fourth-order valence-corrected chi connectivity index (χ4v) is 2.10. The Bertz CT molecular complexity index is 1010. The van der Waals surface area contributed by atoms with Gasteiger partial charge in [0.05, 0.1) is 11.3 Å². The lowest BCUT2D eigenvalue weighted by atomic mass is 10.1. The van der Waals surface area contributed by atoms with Gasteiger partial charge < -0.3 is 10.8 Å². The van der Waals surface area contributed by atoms with Crippen LogP contribution in [0.3, 0.4) is 0 Å². The maximum absolute atomic E-state index is 12.1. The summed E-state index contributed by atoms with van der Waals surface area (Å²) in [6.45, 7) is 0. The molecule has 8 nitrogen and oxygen atoms in total. The smallest absolute Gasteiger partial charge is 0.273 e. The van der Waals surface area contributed by atoms with E-state index in [0.29, 0.717) is 5.56 Å². The van der Waals surface area contributed by atoms with Crippen LogP contribution in [0.1, 0.15) is 15.9 Å². The van der Waals surface area contributed by atoms with Crippen LogP contribution in [-0.2, 0) is 0 Å². The molecule has 0 saturated carbocycles. The lowest BCUT2D eigenvalue weighted by Gasteiger charge is -2.03. The van der Waals surface area contributed by atoms with Crippen LogP contribution < -0.4 is 11.3 Å². The van der Waals surface area contributed by atoms with E-state index in [1.54, 1.807) is 0 Å². The molecule has 0 spiro atoms. The van der Waals surface area contributed by atoms with Gasteiger partial charge in [0.15, 0.2) is 5.65 Å². The summed E-state index contributed by atoms with van der Waals surface area (Å²) in [5.74, 6) is -0.880. The first-order valence-electron chi connectivity index (χ1n) is 6.15. The summed E-state index contributed by atoms with van der Waals surface area (Å²) in [7, 11) is 0. The van der Waals surface area contributed by atoms with Crippen molar-refractivity contribution in [2.75, 3.05) is 0 Å². The zero-order valence-corrected chi connectivity index (χ0v) is 11.1. The molecule has 2 heterocycles. The Morgan fingerprint density at radius 1 is 1.41 bits per heavy atom. The average molecular weight is 295 g/mol. The molecular weight excluding hydrogens is 286 g/mol. The molecule has 0 atom stereocenters. The van der Waals surface area contributed by atoms with Crippen LogP contribution in [-0.4, -0.2) is 25.6 Å². The molecule has 3 rings (SSSR count). The van der Waals surface area contributed by atoms with E-state index in [0.717, 1.165) is 4.52 Å². The number of benzene rings is 1. The molecule has 3 aromatic rings. The van der Waals surface area contributed by atoms with Gasteiger partial charge in [0.25, 0.3) is 11.5 Å². The quantitative estimate of drug-likeness (QED) is 0.627. The van der Waals surface area contributed by atoms with E-state index in [9.17, 15) is 14.7 Å². The van der Waals surface area contributed by atoms with Gasteiger partial charge in [-0.2, -0.15) is 5.26 Å². The second kappa shape index (κ2) is 4.75. The minimum atomic E-state index is -0.716. The molecule has 8 heteroatoms. The van der Waals surface area contributed by atoms with E-state index in [2.05, 4.69) is 10.1 Å². The number of nitrogens with two attached hydrogens (primary N) is 1. The third-order valence-electron chi connectivity index (χ3n) is 3.18. The number of nitriles is 1. The Kier molecular flexibility index (Phi) is 2.89. The van der Waals surface area contributed by atoms with E-state index >= 15 is 0 Å². The van der Waals surface area contributed by atoms with Crippen LogP contribution in [0.5, 0.6) is 5.75 Å². The van der Waals surface area contributed by atoms with E-state index in [1.165, 1.54) is 30.5 Å². The molecule has 0 aliphatic carbocycles. The van der Waals surface area contributed by atoms with Gasteiger partial charge in [-0.3, -0.25) is 14.7 Å². The Morgan fingerprint density at radius 2 is 2.18 bits per heavy atom. The van der Waals surface area contributed by atoms with Crippen molar-refractivity contribution < 1.29 is 9.90 Å². The minimum absolute atomic E-state index is 0.0590. The lowest BCUT2D eigenvalue weighted by molar-refractivity contribution is 0.100. The number of nitrogens with one attached hydrogen (secondary N) is 1. The van der Waals surface area contributed by atoms with Gasteiger partial charge in [-0.1, -0.05) is 0 Å². The van der Waals surface area contributed by atoms with Gasteiger partial charge in [0, 0.05) is 17.8 Å². The Balaban J connectivity index is 2.28. The predicted molar refractivity (Wildman–Crippen MR) is 76.1 cm³/mol. The van der Waals surface area contributed by atoms with Gasteiger partial charge >= 0.3 is 0 Å². The van der Waals surface area contributed by atoms with Crippen LogP contribution in [0.4, 0.5) is 0 Å². The van der Waals surface area contributed by atoms with Gasteiger partial charge in [0.1, 0.15) is 17.4 Å². The van der Waals surface area contributed by atoms with Crippen molar-refractivity contribution in [1.82, 2.24) is 14.6 Å². The minimum Gasteiger partial charge on any atom is -0.507 e. The van der Waals surface area contributed by atoms with E-state index < -0.39 is 11.5 Å². The van der Waals surface area contributed by atoms with E-state index in [-0.39, 0.29) is 28.2 Å². The van der Waals surface area contributed by atoms with Crippen LogP contribution in [0.2, 0.25) is 0 Å². The number of amides is 1. The number of primary amides is 1. The predicted octanol–water partition coefficient (Wildman–Crippen LogP) is 0.366. The third-order valence-corrected chi connectivity index (χ3v) is 3.18. The van der Waals surface area contributed by atoms with Crippen LogP contribution in [0, 0.1) is 11.3 Å². The van der Waals surface area contributed by atoms with Crippen molar-refractivity contribution in [1.29, 1.82) is 5.26 Å². The van der Waals surface area contributed by atoms with Gasteiger partial charge in [-0.05, 0) is 18.2 Å². The number of carbonyl (C=O) groups is 1. The number of aromatic amines is 1. The zero-order chi connectivity index (χ0) is 15.9. The van der Waals surface area contributed by atoms with Crippen molar-refractivity contribution in [2.24, 2.45) is 5.73 Å². The molecular formula is C14H9N5O3. The maximum atomic E-state index is 12.1. The average Bonchev–Trinajstić information content (AvgIpc) is 2.92. The lowest BCUT2D eigenvalue weighted by Crippen LogP contribution is -2.16. The number of fused-ring (bicyclic) bond motifs is 1. The first-order valence-corrected chi connectivity index (χ1v) is 6.15. The maximum Gasteiger partial charge on any atom is 0.273 e. The van der Waals surface area contributed by atoms with Crippen LogP contribution in [0.15, 0.2) is 35.3 Å². The monoisotopic (exact) mass is 295 g/mol. The van der Waals surface area contributed by atoms with E-state index in [1.807, 2.05) is 6.07 Å². The normalized spacial score (nSPS) is 10.5. The van der Waals surface area contributed by atoms with Gasteiger partial charge in [0.2, 0.25) is 0 Å². The highest BCUT2D eigenvalue weighted by Crippen LogP contribution is 2.24. The number of phenols is 1. The van der Waals surface area contributed by atoms with Crippen molar-refractivity contribution in [3.63, 3.8) is 0 Å². The number of phenolic OH excluding ortho intramolecular Hbond substituents is 1. The standard InChI is InChI=1S/C14H9N5O3/c15-5-8-3-7(1-2-11(8)20)10-4-12(21)19-14(18-10)9(6-17-19)13(16)22/h1-4,6,17,20H,(H2,16,22). The number of rotatable bonds is 2. The number of aromatic nitrogens is 3. The molecule has 4 N–H and O–H groups in total. The Morgan fingerprint density at radius 3 is 2.86 bits per heavy atom. The molecule has 0 aliphatic heterocycles. The molecule has 0 saturated heterocycles. The summed E-state index contributed by atoms with van der Waals surface area (Å²) in [6, 6.07) is 7.35. The molecule has 0 bridgehead atoms. The molecule has 0 unspecified atom stereocenters. The largest absolute Gasteiger partial charge is 0.507 e. The molecule has 108 valence electrons. The molecule has 22 heavy (non-hydrogen) atoms. The molecule has 0 fully saturated rings. The number of carbonyl (C=O) groups excluding carboxylic acids is 1.